The molecule has 0 amide bonds. The molecule has 0 aliphatic rings. The number of aryl methyl sites for hydroxylation is 1. The maximum Gasteiger partial charge on any atom is -0.0181 e. The van der Waals surface area contributed by atoms with Gasteiger partial charge in [-0.25, -0.2) is 0 Å². The highest BCUT2D eigenvalue weighted by atomic mass is 13.9. The quantitative estimate of drug-likeness (QED) is 0.550. The van der Waals surface area contributed by atoms with E-state index in [1.165, 1.54) is 22.8 Å². The van der Waals surface area contributed by atoms with Crippen molar-refractivity contribution in [2.75, 3.05) is 0 Å². The first-order valence-electron chi connectivity index (χ1n) is 5.23. The number of hydrogen-bond acceptors (Lipinski definition) is 0. The van der Waals surface area contributed by atoms with Crippen LogP contribution in [0.1, 0.15) is 33.3 Å². The largest absolute Gasteiger partial charge is 0.0776 e. The summed E-state index contributed by atoms with van der Waals surface area (Å²) in [6.07, 6.45) is 1.25. The van der Waals surface area contributed by atoms with Gasteiger partial charge in [0, 0.05) is 0 Å². The topological polar surface area (TPSA) is 0 Å². The van der Waals surface area contributed by atoms with Gasteiger partial charge in [-0.1, -0.05) is 75.7 Å². The van der Waals surface area contributed by atoms with Crippen molar-refractivity contribution in [2.45, 2.75) is 34.6 Å². The minimum atomic E-state index is 0. The second kappa shape index (κ2) is 7.05. The van der Waals surface area contributed by atoms with E-state index in [0.29, 0.717) is 0 Å². The first kappa shape index (κ1) is 13.7. The second-order valence-electron chi connectivity index (χ2n) is 3.56. The van der Waals surface area contributed by atoms with E-state index < -0.39 is 0 Å². The van der Waals surface area contributed by atoms with E-state index in [4.69, 9.17) is 0 Å². The van der Waals surface area contributed by atoms with E-state index in [1.54, 1.807) is 0 Å². The van der Waals surface area contributed by atoms with Gasteiger partial charge in [0.2, 0.25) is 0 Å². The third kappa shape index (κ3) is 4.16. The van der Waals surface area contributed by atoms with Crippen LogP contribution in [0.15, 0.2) is 42.5 Å². The Morgan fingerprint density at radius 1 is 0.867 bits per heavy atom. The Balaban J connectivity index is 0.000000443. The molecule has 0 bridgehead atoms. The minimum Gasteiger partial charge on any atom is -0.0776 e. The van der Waals surface area contributed by atoms with Crippen LogP contribution in [0.3, 0.4) is 0 Å². The molecule has 0 fully saturated rings. The van der Waals surface area contributed by atoms with Crippen molar-refractivity contribution in [2.24, 2.45) is 0 Å². The number of benzene rings is 2. The fourth-order valence-electron chi connectivity index (χ4n) is 1.31. The molecular weight excluding hydrogens is 180 g/mol. The molecule has 0 nitrogen and oxygen atoms in total. The first-order valence-corrected chi connectivity index (χ1v) is 5.23. The molecule has 0 heterocycles. The molecular formula is C15H22. The maximum atomic E-state index is 2.20. The number of hydrogen-bond donors (Lipinski definition) is 0. The highest BCUT2D eigenvalue weighted by molar-refractivity contribution is 5.82. The van der Waals surface area contributed by atoms with Gasteiger partial charge in [0.1, 0.15) is 0 Å². The Bertz CT molecular complexity index is 388. The molecule has 0 saturated carbocycles. The van der Waals surface area contributed by atoms with Gasteiger partial charge in [-0.3, -0.25) is 0 Å². The van der Waals surface area contributed by atoms with Crippen LogP contribution in [0.4, 0.5) is 0 Å². The maximum absolute atomic E-state index is 2.20. The van der Waals surface area contributed by atoms with Crippen LogP contribution < -0.4 is 0 Å². The van der Waals surface area contributed by atoms with Gasteiger partial charge in [0.25, 0.3) is 0 Å². The summed E-state index contributed by atoms with van der Waals surface area (Å²) in [6, 6.07) is 14.9. The van der Waals surface area contributed by atoms with Crippen LogP contribution in [0.25, 0.3) is 10.8 Å². The van der Waals surface area contributed by atoms with Crippen molar-refractivity contribution in [3.63, 3.8) is 0 Å². The zero-order valence-corrected chi connectivity index (χ0v) is 9.25. The Labute approximate surface area is 93.9 Å². The van der Waals surface area contributed by atoms with Gasteiger partial charge < -0.3 is 0 Å². The average molecular weight is 202 g/mol. The van der Waals surface area contributed by atoms with Gasteiger partial charge in [-0.05, 0) is 17.7 Å². The zero-order valence-electron chi connectivity index (χ0n) is 9.25. The lowest BCUT2D eigenvalue weighted by Crippen LogP contribution is -1.73. The van der Waals surface area contributed by atoms with Crippen molar-refractivity contribution in [1.82, 2.24) is 0 Å². The minimum absolute atomic E-state index is 0. The van der Waals surface area contributed by atoms with Gasteiger partial charge in [0.05, 0.1) is 0 Å². The van der Waals surface area contributed by atoms with E-state index in [-0.39, 0.29) is 7.43 Å². The highest BCUT2D eigenvalue weighted by Crippen LogP contribution is 2.14. The summed E-state index contributed by atoms with van der Waals surface area (Å²) in [5.74, 6) is 0. The van der Waals surface area contributed by atoms with Gasteiger partial charge >= 0.3 is 0 Å². The van der Waals surface area contributed by atoms with Crippen LogP contribution in [-0.2, 0) is 0 Å². The van der Waals surface area contributed by atoms with Gasteiger partial charge in [-0.15, -0.1) is 0 Å². The summed E-state index contributed by atoms with van der Waals surface area (Å²) in [5, 5.41) is 2.64. The monoisotopic (exact) mass is 202 g/mol. The summed E-state index contributed by atoms with van der Waals surface area (Å²) in [5.41, 5.74) is 1.32. The second-order valence-corrected chi connectivity index (χ2v) is 3.56. The zero-order chi connectivity index (χ0) is 10.4. The Morgan fingerprint density at radius 3 is 2.00 bits per heavy atom. The third-order valence-electron chi connectivity index (χ3n) is 1.90. The molecule has 0 aliphatic carbocycles. The summed E-state index contributed by atoms with van der Waals surface area (Å²) < 4.78 is 0. The van der Waals surface area contributed by atoms with Crippen molar-refractivity contribution in [3.8, 4) is 0 Å². The van der Waals surface area contributed by atoms with E-state index >= 15 is 0 Å². The fraction of sp³-hybridized carbons (Fsp3) is 0.333. The molecule has 2 aromatic rings. The lowest BCUT2D eigenvalue weighted by Gasteiger charge is -1.96. The highest BCUT2D eigenvalue weighted by Gasteiger charge is 1.89. The van der Waals surface area contributed by atoms with Crippen LogP contribution in [0.5, 0.6) is 0 Å². The molecule has 15 heavy (non-hydrogen) atoms. The van der Waals surface area contributed by atoms with Crippen molar-refractivity contribution in [3.05, 3.63) is 48.0 Å². The Morgan fingerprint density at radius 2 is 1.40 bits per heavy atom. The molecule has 0 radical (unpaired) electrons. The average Bonchev–Trinajstić information content (AvgIpc) is 2.19. The summed E-state index contributed by atoms with van der Waals surface area (Å²) in [6.45, 7) is 6.37. The summed E-state index contributed by atoms with van der Waals surface area (Å²) >= 11 is 0. The predicted molar refractivity (Wildman–Crippen MR) is 71.4 cm³/mol. The summed E-state index contributed by atoms with van der Waals surface area (Å²) in [7, 11) is 0. The van der Waals surface area contributed by atoms with Crippen LogP contribution in [0, 0.1) is 6.92 Å². The molecule has 0 saturated heterocycles. The molecule has 0 heteroatoms. The van der Waals surface area contributed by atoms with E-state index in [9.17, 15) is 0 Å². The van der Waals surface area contributed by atoms with Crippen molar-refractivity contribution in [1.29, 1.82) is 0 Å². The molecule has 82 valence electrons. The SMILES string of the molecule is C.CCC.Cc1ccc2ccccc2c1. The van der Waals surface area contributed by atoms with Crippen LogP contribution >= 0.6 is 0 Å². The molecule has 0 N–H and O–H groups in total. The van der Waals surface area contributed by atoms with Crippen LogP contribution in [-0.4, -0.2) is 0 Å². The van der Waals surface area contributed by atoms with E-state index in [1.807, 2.05) is 0 Å². The first-order chi connectivity index (χ1) is 6.77. The molecule has 0 aromatic heterocycles. The molecule has 0 unspecified atom stereocenters. The van der Waals surface area contributed by atoms with Crippen LogP contribution in [0.2, 0.25) is 0 Å². The lowest BCUT2D eigenvalue weighted by molar-refractivity contribution is 1.09. The normalized spacial score (nSPS) is 8.73. The van der Waals surface area contributed by atoms with Gasteiger partial charge in [0.15, 0.2) is 0 Å². The third-order valence-corrected chi connectivity index (χ3v) is 1.90. The number of rotatable bonds is 0. The predicted octanol–water partition coefficient (Wildman–Crippen LogP) is 5.20. The molecule has 0 aliphatic heterocycles. The molecule has 2 aromatic carbocycles. The Kier molecular flexibility index (Phi) is 6.44. The van der Waals surface area contributed by atoms with Crippen molar-refractivity contribution >= 4 is 10.8 Å². The van der Waals surface area contributed by atoms with Gasteiger partial charge in [-0.2, -0.15) is 0 Å². The fourth-order valence-corrected chi connectivity index (χ4v) is 1.31. The number of fused-ring (bicyclic) bond motifs is 1. The molecule has 0 atom stereocenters. The smallest absolute Gasteiger partial charge is 0.0181 e. The van der Waals surface area contributed by atoms with Crippen molar-refractivity contribution < 1.29 is 0 Å². The molecule has 2 rings (SSSR count). The lowest BCUT2D eigenvalue weighted by atomic mass is 10.1. The van der Waals surface area contributed by atoms with E-state index in [2.05, 4.69) is 63.2 Å². The van der Waals surface area contributed by atoms with E-state index in [0.717, 1.165) is 0 Å². The standard InChI is InChI=1S/C11H10.C3H8.CH4/c1-9-6-7-10-4-2-3-5-11(10)8-9;1-3-2;/h2-8H,1H3;3H2,1-2H3;1H4. The molecule has 0 spiro atoms. The summed E-state index contributed by atoms with van der Waals surface area (Å²) in [4.78, 5) is 0. The Hall–Kier alpha value is -1.30.